The molecule has 0 radical (unpaired) electrons. The second kappa shape index (κ2) is 5.27. The van der Waals surface area contributed by atoms with Crippen LogP contribution in [0.25, 0.3) is 0 Å². The largest absolute Gasteiger partial charge is 0.481 e. The zero-order valence-corrected chi connectivity index (χ0v) is 11.3. The Labute approximate surface area is 125 Å². The van der Waals surface area contributed by atoms with Crippen molar-refractivity contribution >= 4 is 23.5 Å². The molecule has 0 aromatic heterocycles. The van der Waals surface area contributed by atoms with Crippen molar-refractivity contribution in [2.24, 2.45) is 11.8 Å². The predicted octanol–water partition coefficient (Wildman–Crippen LogP) is 0.977. The van der Waals surface area contributed by atoms with E-state index in [4.69, 9.17) is 9.84 Å². The molecule has 0 aliphatic carbocycles. The number of ether oxygens (including phenoxy) is 1. The van der Waals surface area contributed by atoms with Gasteiger partial charge in [0.15, 0.2) is 0 Å². The Kier molecular flexibility index (Phi) is 3.42. The van der Waals surface area contributed by atoms with Crippen molar-refractivity contribution in [3.05, 3.63) is 42.0 Å². The standard InChI is InChI=1S/C15H13NO6/c17-13(16-8-4-2-1-3-7(8)14(18)19)11-9-5-6-10(22-9)12(11)15(20)21/h1-6,9-12H,(H,16,17)(H,18,19)(H,20,21)/t9-,10+,11-,12+/m1/s1. The highest BCUT2D eigenvalue weighted by molar-refractivity contribution is 6.02. The van der Waals surface area contributed by atoms with E-state index in [1.54, 1.807) is 24.3 Å². The van der Waals surface area contributed by atoms with Crippen LogP contribution in [0.2, 0.25) is 0 Å². The molecule has 2 bridgehead atoms. The second-order valence-corrected chi connectivity index (χ2v) is 5.18. The zero-order chi connectivity index (χ0) is 15.9. The first-order chi connectivity index (χ1) is 10.5. The van der Waals surface area contributed by atoms with E-state index in [1.807, 2.05) is 0 Å². The van der Waals surface area contributed by atoms with Crippen LogP contribution >= 0.6 is 0 Å². The van der Waals surface area contributed by atoms with Crippen LogP contribution in [0.15, 0.2) is 36.4 Å². The Morgan fingerprint density at radius 2 is 1.64 bits per heavy atom. The molecule has 2 heterocycles. The molecule has 2 aliphatic heterocycles. The SMILES string of the molecule is O=C(O)c1ccccc1NC(=O)[C@H]1[C@@H](C(=O)O)[C@@H]2C=C[C@H]1O2. The number of carbonyl (C=O) groups excluding carboxylic acids is 1. The molecule has 0 spiro atoms. The van der Waals surface area contributed by atoms with E-state index >= 15 is 0 Å². The molecule has 1 amide bonds. The average molecular weight is 303 g/mol. The Hall–Kier alpha value is -2.67. The van der Waals surface area contributed by atoms with Crippen LogP contribution in [0.3, 0.4) is 0 Å². The molecule has 3 rings (SSSR count). The first-order valence-corrected chi connectivity index (χ1v) is 6.69. The molecular weight excluding hydrogens is 290 g/mol. The second-order valence-electron chi connectivity index (χ2n) is 5.18. The zero-order valence-electron chi connectivity index (χ0n) is 11.3. The third kappa shape index (κ3) is 2.25. The minimum Gasteiger partial charge on any atom is -0.481 e. The fourth-order valence-corrected chi connectivity index (χ4v) is 2.91. The maximum atomic E-state index is 12.4. The number of anilines is 1. The van der Waals surface area contributed by atoms with Crippen molar-refractivity contribution in [1.29, 1.82) is 0 Å². The number of aliphatic carboxylic acids is 1. The first-order valence-electron chi connectivity index (χ1n) is 6.69. The van der Waals surface area contributed by atoms with E-state index in [0.717, 1.165) is 0 Å². The van der Waals surface area contributed by atoms with Gasteiger partial charge < -0.3 is 20.3 Å². The number of carboxylic acids is 2. The smallest absolute Gasteiger partial charge is 0.337 e. The van der Waals surface area contributed by atoms with Gasteiger partial charge in [-0.25, -0.2) is 4.79 Å². The summed E-state index contributed by atoms with van der Waals surface area (Å²) < 4.78 is 5.43. The van der Waals surface area contributed by atoms with E-state index in [9.17, 15) is 19.5 Å². The van der Waals surface area contributed by atoms with Gasteiger partial charge in [-0.15, -0.1) is 0 Å². The van der Waals surface area contributed by atoms with Gasteiger partial charge in [0.1, 0.15) is 5.92 Å². The summed E-state index contributed by atoms with van der Waals surface area (Å²) in [4.78, 5) is 34.9. The van der Waals surface area contributed by atoms with Crippen molar-refractivity contribution in [1.82, 2.24) is 0 Å². The summed E-state index contributed by atoms with van der Waals surface area (Å²) in [5.41, 5.74) is 0.0817. The summed E-state index contributed by atoms with van der Waals surface area (Å²) in [6.45, 7) is 0. The lowest BCUT2D eigenvalue weighted by atomic mass is 9.82. The Morgan fingerprint density at radius 3 is 2.27 bits per heavy atom. The average Bonchev–Trinajstić information content (AvgIpc) is 3.08. The molecule has 4 atom stereocenters. The van der Waals surface area contributed by atoms with Crippen LogP contribution in [0.4, 0.5) is 5.69 Å². The molecule has 1 saturated heterocycles. The fraction of sp³-hybridized carbons (Fsp3) is 0.267. The molecule has 114 valence electrons. The molecule has 1 fully saturated rings. The third-order valence-corrected chi connectivity index (χ3v) is 3.90. The van der Waals surface area contributed by atoms with Gasteiger partial charge in [-0.05, 0) is 12.1 Å². The van der Waals surface area contributed by atoms with Crippen LogP contribution in [0.1, 0.15) is 10.4 Å². The van der Waals surface area contributed by atoms with Crippen LogP contribution in [-0.2, 0) is 14.3 Å². The molecule has 7 nitrogen and oxygen atoms in total. The monoisotopic (exact) mass is 303 g/mol. The van der Waals surface area contributed by atoms with Gasteiger partial charge >= 0.3 is 11.9 Å². The van der Waals surface area contributed by atoms with Crippen molar-refractivity contribution in [3.63, 3.8) is 0 Å². The Bertz CT molecular complexity index is 682. The van der Waals surface area contributed by atoms with E-state index in [2.05, 4.69) is 5.32 Å². The number of para-hydroxylation sites is 1. The summed E-state index contributed by atoms with van der Waals surface area (Å²) in [6.07, 6.45) is 2.09. The van der Waals surface area contributed by atoms with Crippen molar-refractivity contribution < 1.29 is 29.3 Å². The molecule has 22 heavy (non-hydrogen) atoms. The number of hydrogen-bond acceptors (Lipinski definition) is 4. The first kappa shape index (κ1) is 14.3. The maximum absolute atomic E-state index is 12.4. The molecule has 1 aromatic carbocycles. The van der Waals surface area contributed by atoms with Gasteiger partial charge in [-0.2, -0.15) is 0 Å². The van der Waals surface area contributed by atoms with Gasteiger partial charge in [-0.1, -0.05) is 24.3 Å². The van der Waals surface area contributed by atoms with Crippen LogP contribution < -0.4 is 5.32 Å². The number of rotatable bonds is 4. The normalized spacial score (nSPS) is 28.5. The molecule has 7 heteroatoms. The minimum absolute atomic E-state index is 0.0534. The molecule has 2 aliphatic rings. The van der Waals surface area contributed by atoms with E-state index in [-0.39, 0.29) is 11.3 Å². The summed E-state index contributed by atoms with van der Waals surface area (Å²) in [5.74, 6) is -4.68. The van der Waals surface area contributed by atoms with E-state index in [0.29, 0.717) is 0 Å². The number of benzene rings is 1. The summed E-state index contributed by atoms with van der Waals surface area (Å²) in [6, 6.07) is 5.96. The number of aromatic carboxylic acids is 1. The van der Waals surface area contributed by atoms with Crippen LogP contribution in [0, 0.1) is 11.8 Å². The van der Waals surface area contributed by atoms with Crippen molar-refractivity contribution in [3.8, 4) is 0 Å². The van der Waals surface area contributed by atoms with Crippen LogP contribution in [0.5, 0.6) is 0 Å². The molecular formula is C15H13NO6. The number of amides is 1. The van der Waals surface area contributed by atoms with E-state index in [1.165, 1.54) is 12.1 Å². The number of hydrogen-bond donors (Lipinski definition) is 3. The Morgan fingerprint density at radius 1 is 1.00 bits per heavy atom. The number of carbonyl (C=O) groups is 3. The maximum Gasteiger partial charge on any atom is 0.337 e. The lowest BCUT2D eigenvalue weighted by molar-refractivity contribution is -0.145. The van der Waals surface area contributed by atoms with Gasteiger partial charge in [0, 0.05) is 0 Å². The third-order valence-electron chi connectivity index (χ3n) is 3.90. The van der Waals surface area contributed by atoms with E-state index < -0.39 is 41.9 Å². The number of nitrogens with one attached hydrogen (secondary N) is 1. The topological polar surface area (TPSA) is 113 Å². The molecule has 1 aromatic rings. The lowest BCUT2D eigenvalue weighted by Crippen LogP contribution is -2.39. The van der Waals surface area contributed by atoms with Gasteiger partial charge in [-0.3, -0.25) is 9.59 Å². The van der Waals surface area contributed by atoms with Gasteiger partial charge in [0.05, 0.1) is 29.4 Å². The van der Waals surface area contributed by atoms with Crippen molar-refractivity contribution in [2.75, 3.05) is 5.32 Å². The molecule has 0 unspecified atom stereocenters. The molecule has 0 saturated carbocycles. The fourth-order valence-electron chi connectivity index (χ4n) is 2.91. The van der Waals surface area contributed by atoms with Gasteiger partial charge in [0.2, 0.25) is 5.91 Å². The predicted molar refractivity (Wildman–Crippen MR) is 74.4 cm³/mol. The quantitative estimate of drug-likeness (QED) is 0.715. The highest BCUT2D eigenvalue weighted by Crippen LogP contribution is 2.40. The van der Waals surface area contributed by atoms with Crippen LogP contribution in [-0.4, -0.2) is 40.3 Å². The lowest BCUT2D eigenvalue weighted by Gasteiger charge is -2.21. The summed E-state index contributed by atoms with van der Waals surface area (Å²) >= 11 is 0. The summed E-state index contributed by atoms with van der Waals surface area (Å²) in [5, 5.41) is 20.9. The highest BCUT2D eigenvalue weighted by atomic mass is 16.5. The van der Waals surface area contributed by atoms with Gasteiger partial charge in [0.25, 0.3) is 0 Å². The minimum atomic E-state index is -1.17. The number of carboxylic acid groups (broad SMARTS) is 2. The van der Waals surface area contributed by atoms with Crippen molar-refractivity contribution in [2.45, 2.75) is 12.2 Å². The number of fused-ring (bicyclic) bond motifs is 2. The molecule has 3 N–H and O–H groups in total. The highest BCUT2D eigenvalue weighted by Gasteiger charge is 2.53. The Balaban J connectivity index is 1.85. The summed E-state index contributed by atoms with van der Waals surface area (Å²) in [7, 11) is 0.